The summed E-state index contributed by atoms with van der Waals surface area (Å²) < 4.78 is 8.48. The van der Waals surface area contributed by atoms with Gasteiger partial charge in [0.25, 0.3) is 5.56 Å². The first-order chi connectivity index (χ1) is 14.6. The molecule has 30 heavy (non-hydrogen) atoms. The third-order valence-electron chi connectivity index (χ3n) is 4.48. The van der Waals surface area contributed by atoms with Crippen molar-refractivity contribution in [3.05, 3.63) is 106 Å². The molecule has 0 aliphatic heterocycles. The molecule has 0 saturated heterocycles. The fourth-order valence-corrected chi connectivity index (χ4v) is 3.01. The lowest BCUT2D eigenvalue weighted by Crippen LogP contribution is -2.16. The van der Waals surface area contributed by atoms with Gasteiger partial charge in [0, 0.05) is 30.1 Å². The summed E-state index contributed by atoms with van der Waals surface area (Å²) in [7, 11) is 0. The van der Waals surface area contributed by atoms with Crippen LogP contribution in [-0.4, -0.2) is 25.1 Å². The van der Waals surface area contributed by atoms with Crippen LogP contribution in [0.1, 0.15) is 22.4 Å². The minimum absolute atomic E-state index is 0.0734. The Hall–Kier alpha value is -4.00. The summed E-state index contributed by atoms with van der Waals surface area (Å²) in [6.07, 6.45) is 8.23. The second-order valence-electron chi connectivity index (χ2n) is 6.92. The van der Waals surface area contributed by atoms with Gasteiger partial charge in [0.2, 0.25) is 0 Å². The highest BCUT2D eigenvalue weighted by atomic mass is 16.5. The molecule has 3 aromatic heterocycles. The number of rotatable bonds is 6. The van der Waals surface area contributed by atoms with E-state index < -0.39 is 5.97 Å². The predicted octanol–water partition coefficient (Wildman–Crippen LogP) is 3.00. The molecule has 0 bridgehead atoms. The number of esters is 1. The van der Waals surface area contributed by atoms with Gasteiger partial charge in [0.15, 0.2) is 0 Å². The van der Waals surface area contributed by atoms with Crippen molar-refractivity contribution in [3.63, 3.8) is 0 Å². The van der Waals surface area contributed by atoms with Crippen LogP contribution in [0.2, 0.25) is 0 Å². The summed E-state index contributed by atoms with van der Waals surface area (Å²) >= 11 is 0. The van der Waals surface area contributed by atoms with E-state index >= 15 is 0 Å². The van der Waals surface area contributed by atoms with E-state index in [1.807, 2.05) is 49.5 Å². The topological polar surface area (TPSA) is 78.5 Å². The molecule has 0 atom stereocenters. The number of aromatic nitrogens is 4. The molecular weight excluding hydrogens is 380 g/mol. The maximum atomic E-state index is 12.2. The highest BCUT2D eigenvalue weighted by Gasteiger charge is 2.05. The van der Waals surface area contributed by atoms with Crippen molar-refractivity contribution in [2.45, 2.75) is 20.1 Å². The molecule has 150 valence electrons. The van der Waals surface area contributed by atoms with E-state index in [4.69, 9.17) is 4.74 Å². The predicted molar refractivity (Wildman–Crippen MR) is 113 cm³/mol. The number of carbonyl (C=O) groups excluding carboxylic acids is 1. The molecule has 4 aromatic rings. The summed E-state index contributed by atoms with van der Waals surface area (Å²) in [5, 5.41) is 4.29. The van der Waals surface area contributed by atoms with Gasteiger partial charge in [-0.1, -0.05) is 36.4 Å². The van der Waals surface area contributed by atoms with Crippen molar-refractivity contribution < 1.29 is 9.53 Å². The smallest absolute Gasteiger partial charge is 0.331 e. The van der Waals surface area contributed by atoms with Gasteiger partial charge in [-0.3, -0.25) is 13.9 Å². The number of hydrogen-bond donors (Lipinski definition) is 0. The second-order valence-corrected chi connectivity index (χ2v) is 6.92. The quantitative estimate of drug-likeness (QED) is 0.367. The van der Waals surface area contributed by atoms with Gasteiger partial charge in [-0.2, -0.15) is 5.10 Å². The van der Waals surface area contributed by atoms with E-state index in [1.54, 1.807) is 29.2 Å². The van der Waals surface area contributed by atoms with Gasteiger partial charge in [-0.25, -0.2) is 9.78 Å². The first kappa shape index (κ1) is 19.3. The van der Waals surface area contributed by atoms with Gasteiger partial charge in [0.1, 0.15) is 12.3 Å². The molecule has 0 aliphatic rings. The number of benzene rings is 1. The normalized spacial score (nSPS) is 11.2. The molecule has 0 spiro atoms. The fraction of sp³-hybridized carbons (Fsp3) is 0.130. The minimum Gasteiger partial charge on any atom is -0.456 e. The Balaban J connectivity index is 1.36. The standard InChI is InChI=1S/C23H20N4O3/c1-17-7-9-21-25-20(11-22(28)27(21)13-17)16-30-23(29)10-8-19-12-24-26(15-19)14-18-5-3-2-4-6-18/h2-13,15H,14,16H2,1H3/b10-8+. The van der Waals surface area contributed by atoms with Crippen LogP contribution >= 0.6 is 0 Å². The molecule has 0 N–H and O–H groups in total. The Morgan fingerprint density at radius 1 is 1.13 bits per heavy atom. The number of fused-ring (bicyclic) bond motifs is 1. The van der Waals surface area contributed by atoms with E-state index in [0.717, 1.165) is 16.7 Å². The molecular formula is C23H20N4O3. The van der Waals surface area contributed by atoms with E-state index in [2.05, 4.69) is 10.1 Å². The lowest BCUT2D eigenvalue weighted by atomic mass is 10.2. The third kappa shape index (κ3) is 4.70. The largest absolute Gasteiger partial charge is 0.456 e. The number of carbonyl (C=O) groups is 1. The van der Waals surface area contributed by atoms with Gasteiger partial charge < -0.3 is 4.74 Å². The van der Waals surface area contributed by atoms with E-state index in [1.165, 1.54) is 16.5 Å². The van der Waals surface area contributed by atoms with Gasteiger partial charge >= 0.3 is 5.97 Å². The van der Waals surface area contributed by atoms with Crippen molar-refractivity contribution in [2.75, 3.05) is 0 Å². The van der Waals surface area contributed by atoms with Crippen LogP contribution in [-0.2, 0) is 22.7 Å². The Kier molecular flexibility index (Phi) is 5.52. The summed E-state index contributed by atoms with van der Waals surface area (Å²) in [5.41, 5.74) is 3.60. The monoisotopic (exact) mass is 400 g/mol. The summed E-state index contributed by atoms with van der Waals surface area (Å²) in [5.74, 6) is -0.517. The van der Waals surface area contributed by atoms with E-state index in [9.17, 15) is 9.59 Å². The van der Waals surface area contributed by atoms with Crippen LogP contribution in [0.25, 0.3) is 11.7 Å². The second kappa shape index (κ2) is 8.57. The molecule has 0 fully saturated rings. The van der Waals surface area contributed by atoms with Crippen LogP contribution < -0.4 is 5.56 Å². The van der Waals surface area contributed by atoms with Crippen LogP contribution in [0.3, 0.4) is 0 Å². The lowest BCUT2D eigenvalue weighted by Gasteiger charge is -2.05. The maximum absolute atomic E-state index is 12.2. The zero-order valence-electron chi connectivity index (χ0n) is 16.4. The van der Waals surface area contributed by atoms with Crippen molar-refractivity contribution >= 4 is 17.7 Å². The fourth-order valence-electron chi connectivity index (χ4n) is 3.01. The zero-order valence-corrected chi connectivity index (χ0v) is 16.4. The Morgan fingerprint density at radius 3 is 2.80 bits per heavy atom. The highest BCUT2D eigenvalue weighted by molar-refractivity contribution is 5.86. The summed E-state index contributed by atoms with van der Waals surface area (Å²) in [6, 6.07) is 15.0. The molecule has 0 saturated carbocycles. The van der Waals surface area contributed by atoms with Gasteiger partial charge in [0.05, 0.1) is 18.4 Å². The highest BCUT2D eigenvalue weighted by Crippen LogP contribution is 2.07. The first-order valence-corrected chi connectivity index (χ1v) is 9.47. The van der Waals surface area contributed by atoms with Crippen molar-refractivity contribution in [1.29, 1.82) is 0 Å². The van der Waals surface area contributed by atoms with Crippen LogP contribution in [0.5, 0.6) is 0 Å². The van der Waals surface area contributed by atoms with Crippen molar-refractivity contribution in [3.8, 4) is 0 Å². The number of hydrogen-bond acceptors (Lipinski definition) is 5. The first-order valence-electron chi connectivity index (χ1n) is 9.47. The average molecular weight is 400 g/mol. The molecule has 0 unspecified atom stereocenters. The van der Waals surface area contributed by atoms with Crippen molar-refractivity contribution in [1.82, 2.24) is 19.2 Å². The van der Waals surface area contributed by atoms with Crippen LogP contribution in [0.15, 0.2) is 78.0 Å². The average Bonchev–Trinajstić information content (AvgIpc) is 3.19. The molecule has 7 nitrogen and oxygen atoms in total. The third-order valence-corrected chi connectivity index (χ3v) is 4.48. The zero-order chi connectivity index (χ0) is 20.9. The molecule has 7 heteroatoms. The number of ether oxygens (including phenoxy) is 1. The number of pyridine rings is 1. The van der Waals surface area contributed by atoms with Crippen LogP contribution in [0.4, 0.5) is 0 Å². The Morgan fingerprint density at radius 2 is 1.97 bits per heavy atom. The molecule has 0 aliphatic carbocycles. The number of nitrogens with zero attached hydrogens (tertiary/aromatic N) is 4. The van der Waals surface area contributed by atoms with E-state index in [0.29, 0.717) is 17.9 Å². The minimum atomic E-state index is -0.517. The Labute approximate surface area is 172 Å². The van der Waals surface area contributed by atoms with E-state index in [-0.39, 0.29) is 12.2 Å². The SMILES string of the molecule is Cc1ccc2nc(COC(=O)/C=C/c3cnn(Cc4ccccc4)c3)cc(=O)n2c1. The Bertz CT molecular complexity index is 1270. The lowest BCUT2D eigenvalue weighted by molar-refractivity contribution is -0.139. The molecule has 0 radical (unpaired) electrons. The molecule has 0 amide bonds. The van der Waals surface area contributed by atoms with Crippen molar-refractivity contribution in [2.24, 2.45) is 0 Å². The number of aryl methyl sites for hydroxylation is 1. The molecule has 4 rings (SSSR count). The summed E-state index contributed by atoms with van der Waals surface area (Å²) in [4.78, 5) is 28.6. The maximum Gasteiger partial charge on any atom is 0.331 e. The van der Waals surface area contributed by atoms with Crippen LogP contribution in [0, 0.1) is 6.92 Å². The molecule has 1 aromatic carbocycles. The summed E-state index contributed by atoms with van der Waals surface area (Å²) in [6.45, 7) is 2.48. The van der Waals surface area contributed by atoms with Gasteiger partial charge in [-0.15, -0.1) is 0 Å². The molecule has 3 heterocycles. The van der Waals surface area contributed by atoms with Gasteiger partial charge in [-0.05, 0) is 30.2 Å².